The Balaban J connectivity index is 1.79. The van der Waals surface area contributed by atoms with Crippen LogP contribution in [0.5, 0.6) is 0 Å². The van der Waals surface area contributed by atoms with Gasteiger partial charge < -0.3 is 10.4 Å². The Kier molecular flexibility index (Phi) is 4.60. The number of ketones is 1. The normalized spacial score (nSPS) is 19.0. The van der Waals surface area contributed by atoms with Gasteiger partial charge >= 0.3 is 5.97 Å². The molecule has 0 bridgehead atoms. The second-order valence-electron chi connectivity index (χ2n) is 6.25. The van der Waals surface area contributed by atoms with Crippen molar-refractivity contribution in [1.29, 1.82) is 0 Å². The van der Waals surface area contributed by atoms with E-state index in [0.717, 1.165) is 10.8 Å². The second kappa shape index (κ2) is 6.83. The Morgan fingerprint density at radius 2 is 1.88 bits per heavy atom. The number of nitrogens with one attached hydrogen (secondary N) is 1. The number of rotatable bonds is 4. The molecular formula is C19H19NO4. The number of carboxylic acid groups (broad SMARTS) is 1. The van der Waals surface area contributed by atoms with Crippen molar-refractivity contribution in [3.05, 3.63) is 48.0 Å². The van der Waals surface area contributed by atoms with Gasteiger partial charge in [0.2, 0.25) is 0 Å². The van der Waals surface area contributed by atoms with Crippen LogP contribution in [-0.2, 0) is 9.59 Å². The summed E-state index contributed by atoms with van der Waals surface area (Å²) in [5, 5.41) is 14.0. The molecule has 5 heteroatoms. The first-order valence-corrected chi connectivity index (χ1v) is 8.09. The third-order valence-electron chi connectivity index (χ3n) is 4.56. The summed E-state index contributed by atoms with van der Waals surface area (Å²) in [5.41, 5.74) is 0.419. The van der Waals surface area contributed by atoms with Gasteiger partial charge in [0.15, 0.2) is 0 Å². The topological polar surface area (TPSA) is 83.5 Å². The van der Waals surface area contributed by atoms with E-state index in [1.54, 1.807) is 12.1 Å². The smallest absolute Gasteiger partial charge is 0.326 e. The molecule has 0 unspecified atom stereocenters. The molecule has 0 heterocycles. The van der Waals surface area contributed by atoms with E-state index in [-0.39, 0.29) is 18.1 Å². The van der Waals surface area contributed by atoms with Crippen molar-refractivity contribution < 1.29 is 19.5 Å². The minimum atomic E-state index is -1.09. The maximum atomic E-state index is 12.5. The molecular weight excluding hydrogens is 306 g/mol. The van der Waals surface area contributed by atoms with Gasteiger partial charge in [0.25, 0.3) is 5.91 Å². The fourth-order valence-electron chi connectivity index (χ4n) is 3.28. The van der Waals surface area contributed by atoms with Gasteiger partial charge in [0.1, 0.15) is 11.8 Å². The van der Waals surface area contributed by atoms with Gasteiger partial charge in [0.05, 0.1) is 0 Å². The molecule has 0 spiro atoms. The Bertz CT molecular complexity index is 799. The fourth-order valence-corrected chi connectivity index (χ4v) is 3.28. The number of carboxylic acids is 1. The maximum absolute atomic E-state index is 12.5. The van der Waals surface area contributed by atoms with Crippen molar-refractivity contribution in [1.82, 2.24) is 5.32 Å². The van der Waals surface area contributed by atoms with E-state index in [1.807, 2.05) is 30.3 Å². The van der Waals surface area contributed by atoms with Crippen molar-refractivity contribution in [3.63, 3.8) is 0 Å². The molecule has 2 aromatic carbocycles. The number of carbonyl (C=O) groups is 3. The molecule has 5 nitrogen and oxygen atoms in total. The molecule has 1 amide bonds. The van der Waals surface area contributed by atoms with Crippen LogP contribution < -0.4 is 5.32 Å². The summed E-state index contributed by atoms with van der Waals surface area (Å²) >= 11 is 0. The van der Waals surface area contributed by atoms with Crippen LogP contribution in [0.25, 0.3) is 10.8 Å². The predicted octanol–water partition coefficient (Wildman–Crippen LogP) is 2.78. The van der Waals surface area contributed by atoms with Gasteiger partial charge in [0, 0.05) is 18.4 Å². The molecule has 1 aliphatic rings. The van der Waals surface area contributed by atoms with Gasteiger partial charge in [-0.05, 0) is 41.7 Å². The number of benzene rings is 2. The highest BCUT2D eigenvalue weighted by Gasteiger charge is 2.33. The molecule has 0 aliphatic heterocycles. The summed E-state index contributed by atoms with van der Waals surface area (Å²) in [5.74, 6) is -1.79. The molecule has 1 fully saturated rings. The van der Waals surface area contributed by atoms with E-state index in [0.29, 0.717) is 24.8 Å². The lowest BCUT2D eigenvalue weighted by Gasteiger charge is -2.27. The summed E-state index contributed by atoms with van der Waals surface area (Å²) < 4.78 is 0. The molecule has 1 aliphatic carbocycles. The average Bonchev–Trinajstić information content (AvgIpc) is 2.58. The molecule has 2 atom stereocenters. The molecule has 2 N–H and O–H groups in total. The number of hydrogen-bond donors (Lipinski definition) is 2. The van der Waals surface area contributed by atoms with Crippen molar-refractivity contribution in [2.75, 3.05) is 0 Å². The third kappa shape index (κ3) is 3.45. The van der Waals surface area contributed by atoms with Crippen LogP contribution in [0.1, 0.15) is 36.0 Å². The van der Waals surface area contributed by atoms with Crippen LogP contribution >= 0.6 is 0 Å². The lowest BCUT2D eigenvalue weighted by molar-refractivity contribution is -0.141. The van der Waals surface area contributed by atoms with Crippen LogP contribution in [0.3, 0.4) is 0 Å². The average molecular weight is 325 g/mol. The van der Waals surface area contributed by atoms with E-state index >= 15 is 0 Å². The SMILES string of the molecule is O=C1CCC[C@H]([C@H](NC(=O)c2ccc3ccccc3c2)C(=O)O)C1. The highest BCUT2D eigenvalue weighted by molar-refractivity contribution is 6.00. The molecule has 0 aromatic heterocycles. The summed E-state index contributed by atoms with van der Waals surface area (Å²) in [6.07, 6.45) is 2.04. The lowest BCUT2D eigenvalue weighted by atomic mass is 9.83. The molecule has 24 heavy (non-hydrogen) atoms. The zero-order valence-corrected chi connectivity index (χ0v) is 13.2. The molecule has 3 rings (SSSR count). The van der Waals surface area contributed by atoms with E-state index in [1.165, 1.54) is 0 Å². The highest BCUT2D eigenvalue weighted by atomic mass is 16.4. The van der Waals surface area contributed by atoms with Crippen LogP contribution in [0.4, 0.5) is 0 Å². The monoisotopic (exact) mass is 325 g/mol. The lowest BCUT2D eigenvalue weighted by Crippen LogP contribution is -2.47. The Labute approximate surface area is 139 Å². The van der Waals surface area contributed by atoms with E-state index in [4.69, 9.17) is 0 Å². The third-order valence-corrected chi connectivity index (χ3v) is 4.56. The number of hydrogen-bond acceptors (Lipinski definition) is 3. The quantitative estimate of drug-likeness (QED) is 0.905. The number of fused-ring (bicyclic) bond motifs is 1. The maximum Gasteiger partial charge on any atom is 0.326 e. The van der Waals surface area contributed by atoms with Crippen LogP contribution in [0.15, 0.2) is 42.5 Å². The largest absolute Gasteiger partial charge is 0.480 e. The molecule has 0 saturated heterocycles. The molecule has 0 radical (unpaired) electrons. The van der Waals surface area contributed by atoms with Gasteiger partial charge in [-0.3, -0.25) is 9.59 Å². The summed E-state index contributed by atoms with van der Waals surface area (Å²) in [6.45, 7) is 0. The molecule has 124 valence electrons. The van der Waals surface area contributed by atoms with E-state index in [2.05, 4.69) is 5.32 Å². The van der Waals surface area contributed by atoms with Crippen molar-refractivity contribution >= 4 is 28.4 Å². The van der Waals surface area contributed by atoms with Crippen molar-refractivity contribution in [3.8, 4) is 0 Å². The van der Waals surface area contributed by atoms with Crippen molar-refractivity contribution in [2.24, 2.45) is 5.92 Å². The fraction of sp³-hybridized carbons (Fsp3) is 0.316. The predicted molar refractivity (Wildman–Crippen MR) is 89.8 cm³/mol. The van der Waals surface area contributed by atoms with Gasteiger partial charge in [-0.2, -0.15) is 0 Å². The van der Waals surface area contributed by atoms with Gasteiger partial charge in [-0.15, -0.1) is 0 Å². The first kappa shape index (κ1) is 16.2. The summed E-state index contributed by atoms with van der Waals surface area (Å²) in [4.78, 5) is 35.6. The zero-order valence-electron chi connectivity index (χ0n) is 13.2. The zero-order chi connectivity index (χ0) is 17.1. The number of amides is 1. The van der Waals surface area contributed by atoms with E-state index in [9.17, 15) is 19.5 Å². The Morgan fingerprint density at radius 1 is 1.12 bits per heavy atom. The number of carbonyl (C=O) groups excluding carboxylic acids is 2. The highest BCUT2D eigenvalue weighted by Crippen LogP contribution is 2.25. The Morgan fingerprint density at radius 3 is 2.58 bits per heavy atom. The number of aliphatic carboxylic acids is 1. The summed E-state index contributed by atoms with van der Waals surface area (Å²) in [6, 6.07) is 11.9. The minimum Gasteiger partial charge on any atom is -0.480 e. The summed E-state index contributed by atoms with van der Waals surface area (Å²) in [7, 11) is 0. The van der Waals surface area contributed by atoms with E-state index < -0.39 is 17.9 Å². The second-order valence-corrected chi connectivity index (χ2v) is 6.25. The van der Waals surface area contributed by atoms with Crippen LogP contribution in [0, 0.1) is 5.92 Å². The first-order valence-electron chi connectivity index (χ1n) is 8.09. The Hall–Kier alpha value is -2.69. The van der Waals surface area contributed by atoms with Gasteiger partial charge in [-0.25, -0.2) is 4.79 Å². The molecule has 1 saturated carbocycles. The standard InChI is InChI=1S/C19H19NO4/c21-16-7-3-6-14(11-16)17(19(23)24)20-18(22)15-9-8-12-4-1-2-5-13(12)10-15/h1-2,4-5,8-10,14,17H,3,6-7,11H2,(H,20,22)(H,23,24)/t14-,17-/m0/s1. The minimum absolute atomic E-state index is 0.0671. The number of Topliss-reactive ketones (excluding diaryl/α,β-unsaturated/α-hetero) is 1. The molecule has 2 aromatic rings. The van der Waals surface area contributed by atoms with Crippen LogP contribution in [-0.4, -0.2) is 28.8 Å². The first-order chi connectivity index (χ1) is 11.5. The van der Waals surface area contributed by atoms with Crippen molar-refractivity contribution in [2.45, 2.75) is 31.7 Å². The van der Waals surface area contributed by atoms with Gasteiger partial charge in [-0.1, -0.05) is 30.3 Å². The van der Waals surface area contributed by atoms with Crippen LogP contribution in [0.2, 0.25) is 0 Å².